The fraction of sp³-hybridized carbons (Fsp3) is 0.591. The van der Waals surface area contributed by atoms with Crippen molar-refractivity contribution < 1.29 is 14.6 Å². The van der Waals surface area contributed by atoms with E-state index in [1.807, 2.05) is 29.9 Å². The second kappa shape index (κ2) is 7.76. The molecule has 6 nitrogen and oxygen atoms in total. The van der Waals surface area contributed by atoms with Crippen LogP contribution in [0.5, 0.6) is 11.5 Å². The number of ether oxygens (including phenoxy) is 2. The molecule has 0 radical (unpaired) electrons. The van der Waals surface area contributed by atoms with Crippen LogP contribution in [0.4, 0.5) is 0 Å². The Kier molecular flexibility index (Phi) is 5.34. The molecule has 3 heterocycles. The molecule has 2 aliphatic rings. The van der Waals surface area contributed by atoms with Crippen LogP contribution in [0.1, 0.15) is 50.4 Å². The predicted molar refractivity (Wildman–Crippen MR) is 107 cm³/mol. The summed E-state index contributed by atoms with van der Waals surface area (Å²) in [4.78, 5) is 6.99. The highest BCUT2D eigenvalue weighted by Crippen LogP contribution is 2.46. The average molecular weight is 386 g/mol. The van der Waals surface area contributed by atoms with Gasteiger partial charge >= 0.3 is 0 Å². The van der Waals surface area contributed by atoms with Gasteiger partial charge in [0, 0.05) is 43.6 Å². The van der Waals surface area contributed by atoms with Crippen molar-refractivity contribution in [2.45, 2.75) is 63.3 Å². The minimum atomic E-state index is -0.837. The molecule has 2 atom stereocenters. The minimum absolute atomic E-state index is 0.352. The maximum absolute atomic E-state index is 11.4. The summed E-state index contributed by atoms with van der Waals surface area (Å²) in [6, 6.07) is 6.82. The van der Waals surface area contributed by atoms with Gasteiger partial charge in [-0.1, -0.05) is 19.1 Å². The summed E-state index contributed by atoms with van der Waals surface area (Å²) in [6.45, 7) is 3.61. The zero-order chi connectivity index (χ0) is 19.7. The second-order valence-corrected chi connectivity index (χ2v) is 8.16. The fourth-order valence-electron chi connectivity index (χ4n) is 4.98. The fourth-order valence-corrected chi connectivity index (χ4v) is 4.98. The van der Waals surface area contributed by atoms with E-state index in [0.717, 1.165) is 61.5 Å². The van der Waals surface area contributed by atoms with Crippen molar-refractivity contribution in [2.75, 3.05) is 13.7 Å². The highest BCUT2D eigenvalue weighted by atomic mass is 16.5. The van der Waals surface area contributed by atoms with Crippen LogP contribution < -0.4 is 9.47 Å². The lowest BCUT2D eigenvalue weighted by Crippen LogP contribution is -2.50. The summed E-state index contributed by atoms with van der Waals surface area (Å²) < 4.78 is 13.5. The number of hydrogen-bond donors (Lipinski definition) is 1. The number of para-hydroxylation sites is 1. The molecule has 0 aliphatic carbocycles. The van der Waals surface area contributed by atoms with Crippen molar-refractivity contribution in [1.29, 1.82) is 0 Å². The molecule has 6 heteroatoms. The first kappa shape index (κ1) is 19.3. The third-order valence-corrected chi connectivity index (χ3v) is 6.24. The predicted octanol–water partition coefficient (Wildman–Crippen LogP) is 3.23. The van der Waals surface area contributed by atoms with Crippen LogP contribution in [0.2, 0.25) is 0 Å². The molecule has 1 aromatic carbocycles. The van der Waals surface area contributed by atoms with Crippen molar-refractivity contribution in [1.82, 2.24) is 14.5 Å². The van der Waals surface area contributed by atoms with Gasteiger partial charge in [-0.2, -0.15) is 0 Å². The zero-order valence-corrected chi connectivity index (χ0v) is 17.1. The number of benzene rings is 1. The summed E-state index contributed by atoms with van der Waals surface area (Å²) in [5, 5.41) is 11.4. The van der Waals surface area contributed by atoms with E-state index in [0.29, 0.717) is 18.7 Å². The van der Waals surface area contributed by atoms with Crippen LogP contribution in [0, 0.1) is 0 Å². The SMILES string of the molecule is CCCOc1c(CN2C3CCC2CC(O)(c2nccn2C)C3)cccc1OC. The van der Waals surface area contributed by atoms with Crippen LogP contribution in [0.15, 0.2) is 30.6 Å². The summed E-state index contributed by atoms with van der Waals surface area (Å²) in [7, 11) is 3.65. The van der Waals surface area contributed by atoms with Crippen LogP contribution in [-0.2, 0) is 19.2 Å². The lowest BCUT2D eigenvalue weighted by molar-refractivity contribution is -0.0670. The Balaban J connectivity index is 1.56. The number of aryl methyl sites for hydroxylation is 1. The number of methoxy groups -OCH3 is 1. The molecule has 1 aromatic heterocycles. The van der Waals surface area contributed by atoms with E-state index in [4.69, 9.17) is 9.47 Å². The molecule has 4 rings (SSSR count). The van der Waals surface area contributed by atoms with E-state index < -0.39 is 5.60 Å². The summed E-state index contributed by atoms with van der Waals surface area (Å²) >= 11 is 0. The van der Waals surface area contributed by atoms with Crippen molar-refractivity contribution in [2.24, 2.45) is 7.05 Å². The van der Waals surface area contributed by atoms with Crippen molar-refractivity contribution in [3.05, 3.63) is 42.0 Å². The van der Waals surface area contributed by atoms with Gasteiger partial charge in [-0.05, 0) is 38.2 Å². The molecule has 2 fully saturated rings. The number of rotatable bonds is 7. The number of aromatic nitrogens is 2. The summed E-state index contributed by atoms with van der Waals surface area (Å²) in [6.07, 6.45) is 8.33. The van der Waals surface area contributed by atoms with E-state index in [-0.39, 0.29) is 0 Å². The molecular weight excluding hydrogens is 354 g/mol. The Morgan fingerprint density at radius 1 is 1.25 bits per heavy atom. The first-order chi connectivity index (χ1) is 13.6. The first-order valence-electron chi connectivity index (χ1n) is 10.3. The third kappa shape index (κ3) is 3.40. The molecule has 2 unspecified atom stereocenters. The molecule has 1 N–H and O–H groups in total. The zero-order valence-electron chi connectivity index (χ0n) is 17.1. The van der Waals surface area contributed by atoms with Crippen molar-refractivity contribution in [3.8, 4) is 11.5 Å². The first-order valence-corrected chi connectivity index (χ1v) is 10.3. The highest BCUT2D eigenvalue weighted by molar-refractivity contribution is 5.46. The van der Waals surface area contributed by atoms with Crippen LogP contribution >= 0.6 is 0 Å². The van der Waals surface area contributed by atoms with Gasteiger partial charge in [0.15, 0.2) is 11.5 Å². The lowest BCUT2D eigenvalue weighted by Gasteiger charge is -2.43. The van der Waals surface area contributed by atoms with Gasteiger partial charge in [0.2, 0.25) is 0 Å². The minimum Gasteiger partial charge on any atom is -0.493 e. The normalized spacial score (nSPS) is 27.1. The Hall–Kier alpha value is -2.05. The van der Waals surface area contributed by atoms with Crippen LogP contribution in [-0.4, -0.2) is 45.4 Å². The van der Waals surface area contributed by atoms with Gasteiger partial charge < -0.3 is 19.1 Å². The Bertz CT molecular complexity index is 805. The number of fused-ring (bicyclic) bond motifs is 2. The monoisotopic (exact) mass is 385 g/mol. The number of nitrogens with zero attached hydrogens (tertiary/aromatic N) is 3. The number of hydrogen-bond acceptors (Lipinski definition) is 5. The maximum atomic E-state index is 11.4. The maximum Gasteiger partial charge on any atom is 0.165 e. The topological polar surface area (TPSA) is 59.8 Å². The van der Waals surface area contributed by atoms with Gasteiger partial charge in [-0.15, -0.1) is 0 Å². The highest BCUT2D eigenvalue weighted by Gasteiger charge is 2.49. The van der Waals surface area contributed by atoms with E-state index in [1.54, 1.807) is 13.3 Å². The van der Waals surface area contributed by atoms with Gasteiger partial charge in [-0.3, -0.25) is 4.90 Å². The molecule has 2 aliphatic heterocycles. The number of piperidine rings is 1. The van der Waals surface area contributed by atoms with Gasteiger partial charge in [0.25, 0.3) is 0 Å². The smallest absolute Gasteiger partial charge is 0.165 e. The second-order valence-electron chi connectivity index (χ2n) is 8.16. The largest absolute Gasteiger partial charge is 0.493 e. The summed E-state index contributed by atoms with van der Waals surface area (Å²) in [5.74, 6) is 2.44. The van der Waals surface area contributed by atoms with E-state index in [9.17, 15) is 5.11 Å². The third-order valence-electron chi connectivity index (χ3n) is 6.24. The molecule has 28 heavy (non-hydrogen) atoms. The van der Waals surface area contributed by atoms with E-state index in [1.165, 1.54) is 0 Å². The molecule has 2 saturated heterocycles. The molecular formula is C22H31N3O3. The van der Waals surface area contributed by atoms with E-state index in [2.05, 4.69) is 22.9 Å². The molecule has 0 saturated carbocycles. The van der Waals surface area contributed by atoms with E-state index >= 15 is 0 Å². The van der Waals surface area contributed by atoms with Crippen molar-refractivity contribution in [3.63, 3.8) is 0 Å². The molecule has 2 aromatic rings. The quantitative estimate of drug-likeness (QED) is 0.793. The Morgan fingerprint density at radius 3 is 2.61 bits per heavy atom. The van der Waals surface area contributed by atoms with Crippen LogP contribution in [0.25, 0.3) is 0 Å². The molecule has 0 amide bonds. The number of aliphatic hydroxyl groups is 1. The number of imidazole rings is 1. The lowest BCUT2D eigenvalue weighted by atomic mass is 9.85. The molecule has 152 valence electrons. The van der Waals surface area contributed by atoms with Crippen molar-refractivity contribution >= 4 is 0 Å². The van der Waals surface area contributed by atoms with Crippen LogP contribution in [0.3, 0.4) is 0 Å². The average Bonchev–Trinajstić information content (AvgIpc) is 3.22. The Labute approximate surface area is 167 Å². The molecule has 2 bridgehead atoms. The van der Waals surface area contributed by atoms with Gasteiger partial charge in [0.1, 0.15) is 11.4 Å². The van der Waals surface area contributed by atoms with Gasteiger partial charge in [-0.25, -0.2) is 4.98 Å². The summed E-state index contributed by atoms with van der Waals surface area (Å²) in [5.41, 5.74) is 0.323. The standard InChI is InChI=1S/C22H31N3O3/c1-4-12-28-20-16(6-5-7-19(20)27-3)15-25-17-8-9-18(25)14-22(26,13-17)21-23-10-11-24(21)2/h5-7,10-11,17-18,26H,4,8-9,12-15H2,1-3H3. The molecule has 0 spiro atoms. The van der Waals surface area contributed by atoms with Gasteiger partial charge in [0.05, 0.1) is 13.7 Å². The Morgan fingerprint density at radius 2 is 2.00 bits per heavy atom.